The number of aryl methyl sites for hydroxylation is 2. The Balaban J connectivity index is 2.17. The summed E-state index contributed by atoms with van der Waals surface area (Å²) in [4.78, 5) is 15.5. The van der Waals surface area contributed by atoms with Crippen molar-refractivity contribution >= 4 is 17.3 Å². The van der Waals surface area contributed by atoms with Crippen LogP contribution in [0.25, 0.3) is 0 Å². The number of hydrogen-bond donors (Lipinski definition) is 1. The summed E-state index contributed by atoms with van der Waals surface area (Å²) in [6.07, 6.45) is 0.898. The third-order valence-corrected chi connectivity index (χ3v) is 3.75. The molecule has 0 spiro atoms. The van der Waals surface area contributed by atoms with E-state index >= 15 is 0 Å². The van der Waals surface area contributed by atoms with E-state index in [1.807, 2.05) is 25.3 Å². The first kappa shape index (κ1) is 13.5. The van der Waals surface area contributed by atoms with Gasteiger partial charge in [-0.05, 0) is 25.0 Å². The van der Waals surface area contributed by atoms with Crippen LogP contribution in [0.2, 0.25) is 0 Å². The molecule has 100 valence electrons. The molecular weight excluding hydrogens is 262 g/mol. The summed E-state index contributed by atoms with van der Waals surface area (Å²) >= 11 is 1.59. The molecule has 0 aliphatic rings. The molecule has 0 aliphatic carbocycles. The van der Waals surface area contributed by atoms with Gasteiger partial charge in [-0.3, -0.25) is 0 Å². The predicted octanol–water partition coefficient (Wildman–Crippen LogP) is 3.29. The highest BCUT2D eigenvalue weighted by Crippen LogP contribution is 2.24. The second-order valence-corrected chi connectivity index (χ2v) is 5.07. The first-order chi connectivity index (χ1) is 9.11. The van der Waals surface area contributed by atoms with E-state index in [-0.39, 0.29) is 5.56 Å². The second kappa shape index (κ2) is 5.84. The summed E-state index contributed by atoms with van der Waals surface area (Å²) in [5, 5.41) is 12.1. The molecule has 0 unspecified atom stereocenters. The molecule has 4 nitrogen and oxygen atoms in total. The number of aromatic nitrogens is 1. The number of aromatic carboxylic acids is 1. The van der Waals surface area contributed by atoms with E-state index < -0.39 is 5.97 Å². The van der Waals surface area contributed by atoms with Gasteiger partial charge >= 0.3 is 5.97 Å². The molecule has 0 bridgehead atoms. The van der Waals surface area contributed by atoms with Crippen LogP contribution in [-0.2, 0) is 13.0 Å². The smallest absolute Gasteiger partial charge is 0.339 e. The van der Waals surface area contributed by atoms with Gasteiger partial charge in [0.1, 0.15) is 17.9 Å². The van der Waals surface area contributed by atoms with Crippen LogP contribution in [-0.4, -0.2) is 16.1 Å². The highest BCUT2D eigenvalue weighted by molar-refractivity contribution is 7.09. The summed E-state index contributed by atoms with van der Waals surface area (Å²) in [5.74, 6) is -0.563. The Hall–Kier alpha value is -1.88. The number of carboxylic acid groups (broad SMARTS) is 1. The van der Waals surface area contributed by atoms with Gasteiger partial charge in [-0.15, -0.1) is 11.3 Å². The summed E-state index contributed by atoms with van der Waals surface area (Å²) in [7, 11) is 0. The molecule has 0 fully saturated rings. The third kappa shape index (κ3) is 3.12. The molecular formula is C14H15NO3S. The molecule has 1 aromatic carbocycles. The monoisotopic (exact) mass is 277 g/mol. The number of para-hydroxylation sites is 1. The minimum atomic E-state index is -0.980. The number of rotatable bonds is 5. The Morgan fingerprint density at radius 2 is 2.26 bits per heavy atom. The van der Waals surface area contributed by atoms with Crippen molar-refractivity contribution in [1.82, 2.24) is 4.98 Å². The zero-order valence-electron chi connectivity index (χ0n) is 10.8. The molecule has 0 amide bonds. The van der Waals surface area contributed by atoms with E-state index in [4.69, 9.17) is 9.84 Å². The molecule has 0 atom stereocenters. The van der Waals surface area contributed by atoms with Crippen molar-refractivity contribution in [2.75, 3.05) is 0 Å². The maximum absolute atomic E-state index is 11.1. The molecule has 0 radical (unpaired) electrons. The number of hydrogen-bond acceptors (Lipinski definition) is 4. The average molecular weight is 277 g/mol. The lowest BCUT2D eigenvalue weighted by molar-refractivity contribution is 0.0691. The van der Waals surface area contributed by atoms with Gasteiger partial charge in [0.25, 0.3) is 0 Å². The van der Waals surface area contributed by atoms with E-state index in [1.54, 1.807) is 23.5 Å². The van der Waals surface area contributed by atoms with Crippen molar-refractivity contribution in [3.8, 4) is 5.75 Å². The van der Waals surface area contributed by atoms with Crippen molar-refractivity contribution in [1.29, 1.82) is 0 Å². The van der Waals surface area contributed by atoms with Crippen LogP contribution in [0.5, 0.6) is 5.75 Å². The van der Waals surface area contributed by atoms with Crippen LogP contribution in [0.15, 0.2) is 23.6 Å². The molecule has 0 saturated carbocycles. The Bertz CT molecular complexity index is 592. The predicted molar refractivity (Wildman–Crippen MR) is 74.0 cm³/mol. The molecule has 0 aliphatic heterocycles. The zero-order chi connectivity index (χ0) is 13.8. The third-order valence-electron chi connectivity index (χ3n) is 2.71. The lowest BCUT2D eigenvalue weighted by atomic mass is 10.1. The molecule has 5 heteroatoms. The largest absolute Gasteiger partial charge is 0.486 e. The van der Waals surface area contributed by atoms with Crippen molar-refractivity contribution in [2.45, 2.75) is 26.9 Å². The lowest BCUT2D eigenvalue weighted by Crippen LogP contribution is -2.05. The van der Waals surface area contributed by atoms with E-state index in [1.165, 1.54) is 0 Å². The fourth-order valence-electron chi connectivity index (χ4n) is 1.74. The molecule has 19 heavy (non-hydrogen) atoms. The van der Waals surface area contributed by atoms with Gasteiger partial charge in [0.15, 0.2) is 0 Å². The van der Waals surface area contributed by atoms with Gasteiger partial charge in [-0.2, -0.15) is 0 Å². The van der Waals surface area contributed by atoms with Gasteiger partial charge in [0.05, 0.1) is 10.7 Å². The number of carboxylic acids is 1. The number of carbonyl (C=O) groups is 1. The van der Waals surface area contributed by atoms with Crippen LogP contribution in [0.3, 0.4) is 0 Å². The summed E-state index contributed by atoms with van der Waals surface area (Å²) in [6, 6.07) is 5.09. The normalized spacial score (nSPS) is 10.4. The van der Waals surface area contributed by atoms with Crippen molar-refractivity contribution in [3.05, 3.63) is 45.4 Å². The van der Waals surface area contributed by atoms with Gasteiger partial charge < -0.3 is 9.84 Å². The van der Waals surface area contributed by atoms with Crippen LogP contribution in [0, 0.1) is 6.92 Å². The molecule has 1 N–H and O–H groups in total. The van der Waals surface area contributed by atoms with Gasteiger partial charge in [-0.25, -0.2) is 9.78 Å². The highest BCUT2D eigenvalue weighted by Gasteiger charge is 2.13. The number of benzene rings is 1. The topological polar surface area (TPSA) is 59.4 Å². The minimum Gasteiger partial charge on any atom is -0.486 e. The molecule has 0 saturated heterocycles. The van der Waals surface area contributed by atoms with E-state index in [0.29, 0.717) is 12.4 Å². The zero-order valence-corrected chi connectivity index (χ0v) is 11.7. The fourth-order valence-corrected chi connectivity index (χ4v) is 2.47. The van der Waals surface area contributed by atoms with Crippen molar-refractivity contribution in [2.24, 2.45) is 0 Å². The maximum Gasteiger partial charge on any atom is 0.339 e. The van der Waals surface area contributed by atoms with Crippen molar-refractivity contribution < 1.29 is 14.6 Å². The van der Waals surface area contributed by atoms with Gasteiger partial charge in [0, 0.05) is 5.38 Å². The SMILES string of the molecule is CCc1nc(COc2c(C)cccc2C(=O)O)cs1. The van der Waals surface area contributed by atoms with Crippen LogP contribution < -0.4 is 4.74 Å². The van der Waals surface area contributed by atoms with Gasteiger partial charge in [-0.1, -0.05) is 19.1 Å². The minimum absolute atomic E-state index is 0.186. The maximum atomic E-state index is 11.1. The second-order valence-electron chi connectivity index (χ2n) is 4.13. The fraction of sp³-hybridized carbons (Fsp3) is 0.286. The average Bonchev–Trinajstić information content (AvgIpc) is 2.85. The number of ether oxygens (including phenoxy) is 1. The van der Waals surface area contributed by atoms with Crippen LogP contribution in [0.1, 0.15) is 33.5 Å². The Labute approximate surface area is 115 Å². The first-order valence-corrected chi connectivity index (χ1v) is 6.88. The van der Waals surface area contributed by atoms with Crippen molar-refractivity contribution in [3.63, 3.8) is 0 Å². The van der Waals surface area contributed by atoms with Gasteiger partial charge in [0.2, 0.25) is 0 Å². The first-order valence-electron chi connectivity index (χ1n) is 6.00. The van der Waals surface area contributed by atoms with Crippen LogP contribution in [0.4, 0.5) is 0 Å². The summed E-state index contributed by atoms with van der Waals surface area (Å²) < 4.78 is 5.64. The standard InChI is InChI=1S/C14H15NO3S/c1-3-12-15-10(8-19-12)7-18-13-9(2)5-4-6-11(13)14(16)17/h4-6,8H,3,7H2,1-2H3,(H,16,17). The van der Waals surface area contributed by atoms with E-state index in [9.17, 15) is 4.79 Å². The van der Waals surface area contributed by atoms with Crippen LogP contribution >= 0.6 is 11.3 Å². The number of thiazole rings is 1. The molecule has 2 aromatic rings. The highest BCUT2D eigenvalue weighted by atomic mass is 32.1. The Morgan fingerprint density at radius 1 is 1.47 bits per heavy atom. The molecule has 1 aromatic heterocycles. The molecule has 1 heterocycles. The number of nitrogens with zero attached hydrogens (tertiary/aromatic N) is 1. The lowest BCUT2D eigenvalue weighted by Gasteiger charge is -2.10. The quantitative estimate of drug-likeness (QED) is 0.911. The Kier molecular flexibility index (Phi) is 4.16. The molecule has 2 rings (SSSR count). The summed E-state index contributed by atoms with van der Waals surface area (Å²) in [6.45, 7) is 4.18. The summed E-state index contributed by atoms with van der Waals surface area (Å²) in [5.41, 5.74) is 1.83. The van der Waals surface area contributed by atoms with E-state index in [0.717, 1.165) is 22.7 Å². The Morgan fingerprint density at radius 3 is 2.89 bits per heavy atom. The van der Waals surface area contributed by atoms with E-state index in [2.05, 4.69) is 4.98 Å².